The van der Waals surface area contributed by atoms with Gasteiger partial charge < -0.3 is 5.32 Å². The van der Waals surface area contributed by atoms with Crippen molar-refractivity contribution in [2.24, 2.45) is 0 Å². The van der Waals surface area contributed by atoms with Crippen LogP contribution in [0.2, 0.25) is 0 Å². The first-order chi connectivity index (χ1) is 8.18. The lowest BCUT2D eigenvalue weighted by atomic mass is 10.1. The number of rotatable bonds is 4. The molecule has 0 aliphatic heterocycles. The molecule has 0 aliphatic carbocycles. The van der Waals surface area contributed by atoms with Crippen molar-refractivity contribution in [3.63, 3.8) is 0 Å². The van der Waals surface area contributed by atoms with Crippen molar-refractivity contribution in [2.45, 2.75) is 25.9 Å². The Kier molecular flexibility index (Phi) is 4.31. The third kappa shape index (κ3) is 3.15. The van der Waals surface area contributed by atoms with Crippen LogP contribution in [0.5, 0.6) is 0 Å². The summed E-state index contributed by atoms with van der Waals surface area (Å²) in [6.45, 7) is 4.30. The molecule has 0 fully saturated rings. The molecule has 0 spiro atoms. The zero-order chi connectivity index (χ0) is 12.3. The summed E-state index contributed by atoms with van der Waals surface area (Å²) in [7, 11) is 0. The van der Waals surface area contributed by atoms with Gasteiger partial charge in [-0.3, -0.25) is 0 Å². The Labute approximate surface area is 114 Å². The monoisotopic (exact) mass is 310 g/mol. The summed E-state index contributed by atoms with van der Waals surface area (Å²) in [5.74, 6) is 0. The highest BCUT2D eigenvalue weighted by molar-refractivity contribution is 9.10. The van der Waals surface area contributed by atoms with Crippen LogP contribution in [0.25, 0.3) is 0 Å². The summed E-state index contributed by atoms with van der Waals surface area (Å²) in [4.78, 5) is 4.42. The van der Waals surface area contributed by atoms with Crippen LogP contribution >= 0.6 is 27.3 Å². The van der Waals surface area contributed by atoms with Crippen molar-refractivity contribution in [1.29, 1.82) is 0 Å². The second-order valence-electron chi connectivity index (χ2n) is 4.15. The fourth-order valence-corrected chi connectivity index (χ4v) is 2.94. The van der Waals surface area contributed by atoms with E-state index in [-0.39, 0.29) is 6.04 Å². The van der Waals surface area contributed by atoms with Gasteiger partial charge in [0.05, 0.1) is 6.04 Å². The molecule has 0 saturated carbocycles. The Bertz CT molecular complexity index is 468. The fraction of sp³-hybridized carbons (Fsp3) is 0.308. The molecule has 2 nitrogen and oxygen atoms in total. The minimum atomic E-state index is 0.158. The van der Waals surface area contributed by atoms with Gasteiger partial charge in [-0.15, -0.1) is 11.3 Å². The Morgan fingerprint density at radius 1 is 1.29 bits per heavy atom. The maximum Gasteiger partial charge on any atom is 0.114 e. The first-order valence-electron chi connectivity index (χ1n) is 5.58. The van der Waals surface area contributed by atoms with Crippen LogP contribution in [-0.4, -0.2) is 11.0 Å². The van der Waals surface area contributed by atoms with Gasteiger partial charge in [-0.1, -0.05) is 34.1 Å². The van der Waals surface area contributed by atoms with E-state index >= 15 is 0 Å². The standard InChI is InChI=1S/C13H15BrN2S/c1-9(2)16-12(13-15-7-8-17-13)10-5-3-4-6-11(10)14/h3-9,12,16H,1-2H3. The van der Waals surface area contributed by atoms with Crippen molar-refractivity contribution < 1.29 is 0 Å². The van der Waals surface area contributed by atoms with Gasteiger partial charge in [-0.25, -0.2) is 4.98 Å². The van der Waals surface area contributed by atoms with Crippen molar-refractivity contribution in [2.75, 3.05) is 0 Å². The van der Waals surface area contributed by atoms with E-state index in [1.54, 1.807) is 11.3 Å². The van der Waals surface area contributed by atoms with Crippen LogP contribution in [0.1, 0.15) is 30.5 Å². The molecule has 1 heterocycles. The highest BCUT2D eigenvalue weighted by Gasteiger charge is 2.19. The van der Waals surface area contributed by atoms with Gasteiger partial charge in [0.15, 0.2) is 0 Å². The Morgan fingerprint density at radius 3 is 2.65 bits per heavy atom. The molecule has 90 valence electrons. The van der Waals surface area contributed by atoms with E-state index in [1.807, 2.05) is 17.6 Å². The molecule has 0 bridgehead atoms. The van der Waals surface area contributed by atoms with Crippen LogP contribution in [0, 0.1) is 0 Å². The molecule has 1 atom stereocenters. The topological polar surface area (TPSA) is 24.9 Å². The molecular formula is C13H15BrN2S. The van der Waals surface area contributed by atoms with Crippen molar-refractivity contribution in [1.82, 2.24) is 10.3 Å². The molecule has 0 saturated heterocycles. The molecule has 2 rings (SSSR count). The van der Waals surface area contributed by atoms with Gasteiger partial charge in [0.1, 0.15) is 5.01 Å². The average molecular weight is 311 g/mol. The average Bonchev–Trinajstić information content (AvgIpc) is 2.80. The zero-order valence-corrected chi connectivity index (χ0v) is 12.3. The number of nitrogens with one attached hydrogen (secondary N) is 1. The summed E-state index contributed by atoms with van der Waals surface area (Å²) in [5, 5.41) is 6.67. The largest absolute Gasteiger partial charge is 0.302 e. The van der Waals surface area contributed by atoms with E-state index in [9.17, 15) is 0 Å². The van der Waals surface area contributed by atoms with Crippen molar-refractivity contribution in [3.05, 3.63) is 50.9 Å². The number of benzene rings is 1. The number of aromatic nitrogens is 1. The highest BCUT2D eigenvalue weighted by Crippen LogP contribution is 2.29. The van der Waals surface area contributed by atoms with Crippen LogP contribution in [0.4, 0.5) is 0 Å². The van der Waals surface area contributed by atoms with Gasteiger partial charge in [-0.2, -0.15) is 0 Å². The predicted molar refractivity (Wildman–Crippen MR) is 76.4 cm³/mol. The predicted octanol–water partition coefficient (Wildman–Crippen LogP) is 3.99. The minimum absolute atomic E-state index is 0.158. The van der Waals surface area contributed by atoms with Crippen LogP contribution in [0.15, 0.2) is 40.3 Å². The number of hydrogen-bond donors (Lipinski definition) is 1. The Balaban J connectivity index is 2.37. The van der Waals surface area contributed by atoms with Crippen LogP contribution in [0.3, 0.4) is 0 Å². The summed E-state index contributed by atoms with van der Waals surface area (Å²) >= 11 is 5.29. The number of hydrogen-bond acceptors (Lipinski definition) is 3. The third-order valence-corrected chi connectivity index (χ3v) is 3.98. The number of thiazole rings is 1. The first-order valence-corrected chi connectivity index (χ1v) is 7.25. The summed E-state index contributed by atoms with van der Waals surface area (Å²) in [6, 6.07) is 8.86. The maximum absolute atomic E-state index is 4.42. The molecular weight excluding hydrogens is 296 g/mol. The van der Waals surface area contributed by atoms with E-state index in [4.69, 9.17) is 0 Å². The molecule has 1 aromatic carbocycles. The van der Waals surface area contributed by atoms with E-state index in [0.717, 1.165) is 9.48 Å². The lowest BCUT2D eigenvalue weighted by Crippen LogP contribution is -2.29. The molecule has 4 heteroatoms. The fourth-order valence-electron chi connectivity index (χ4n) is 1.71. The molecule has 17 heavy (non-hydrogen) atoms. The van der Waals surface area contributed by atoms with Crippen molar-refractivity contribution >= 4 is 27.3 Å². The zero-order valence-electron chi connectivity index (χ0n) is 9.85. The molecule has 0 aliphatic rings. The lowest BCUT2D eigenvalue weighted by Gasteiger charge is -2.20. The van der Waals surface area contributed by atoms with Gasteiger partial charge in [-0.05, 0) is 25.5 Å². The molecule has 2 aromatic rings. The van der Waals surface area contributed by atoms with Gasteiger partial charge in [0.2, 0.25) is 0 Å². The van der Waals surface area contributed by atoms with E-state index in [1.165, 1.54) is 5.56 Å². The van der Waals surface area contributed by atoms with Gasteiger partial charge in [0, 0.05) is 22.1 Å². The van der Waals surface area contributed by atoms with Gasteiger partial charge in [0.25, 0.3) is 0 Å². The quantitative estimate of drug-likeness (QED) is 0.923. The normalized spacial score (nSPS) is 12.9. The Morgan fingerprint density at radius 2 is 2.06 bits per heavy atom. The second-order valence-corrected chi connectivity index (χ2v) is 5.93. The second kappa shape index (κ2) is 5.76. The molecule has 1 N–H and O–H groups in total. The Hall–Kier alpha value is -0.710. The van der Waals surface area contributed by atoms with E-state index in [2.05, 4.69) is 58.3 Å². The van der Waals surface area contributed by atoms with Crippen LogP contribution < -0.4 is 5.32 Å². The first kappa shape index (κ1) is 12.7. The smallest absolute Gasteiger partial charge is 0.114 e. The highest BCUT2D eigenvalue weighted by atomic mass is 79.9. The molecule has 0 amide bonds. The summed E-state index contributed by atoms with van der Waals surface area (Å²) in [6.07, 6.45) is 1.85. The summed E-state index contributed by atoms with van der Waals surface area (Å²) in [5.41, 5.74) is 1.23. The summed E-state index contributed by atoms with van der Waals surface area (Å²) < 4.78 is 1.12. The number of nitrogens with zero attached hydrogens (tertiary/aromatic N) is 1. The lowest BCUT2D eigenvalue weighted by molar-refractivity contribution is 0.526. The van der Waals surface area contributed by atoms with Crippen LogP contribution in [-0.2, 0) is 0 Å². The SMILES string of the molecule is CC(C)NC(c1nccs1)c1ccccc1Br. The van der Waals surface area contributed by atoms with E-state index < -0.39 is 0 Å². The van der Waals surface area contributed by atoms with Gasteiger partial charge >= 0.3 is 0 Å². The number of halogens is 1. The minimum Gasteiger partial charge on any atom is -0.302 e. The van der Waals surface area contributed by atoms with Crippen molar-refractivity contribution in [3.8, 4) is 0 Å². The molecule has 0 radical (unpaired) electrons. The van der Waals surface area contributed by atoms with E-state index in [0.29, 0.717) is 6.04 Å². The molecule has 1 unspecified atom stereocenters. The third-order valence-electron chi connectivity index (χ3n) is 2.41. The molecule has 1 aromatic heterocycles. The maximum atomic E-state index is 4.42.